The molecular weight excluding hydrogens is 356 g/mol. The number of pyridine rings is 1. The molecule has 0 saturated carbocycles. The largest absolute Gasteiger partial charge is 0.438 e. The van der Waals surface area contributed by atoms with Gasteiger partial charge in [0.1, 0.15) is 28.6 Å². The van der Waals surface area contributed by atoms with Gasteiger partial charge in [-0.15, -0.1) is 0 Å². The van der Waals surface area contributed by atoms with Gasteiger partial charge in [-0.25, -0.2) is 0 Å². The molecule has 3 aromatic rings. The van der Waals surface area contributed by atoms with Crippen molar-refractivity contribution in [1.29, 1.82) is 5.26 Å². The predicted molar refractivity (Wildman–Crippen MR) is 105 cm³/mol. The zero-order valence-corrected chi connectivity index (χ0v) is 15.5. The van der Waals surface area contributed by atoms with Crippen LogP contribution in [0, 0.1) is 18.3 Å². The van der Waals surface area contributed by atoms with Crippen molar-refractivity contribution in [2.24, 2.45) is 5.73 Å². The van der Waals surface area contributed by atoms with Gasteiger partial charge in [0, 0.05) is 6.20 Å². The van der Waals surface area contributed by atoms with Crippen LogP contribution in [0.5, 0.6) is 11.6 Å². The number of nitrogens with zero attached hydrogens (tertiary/aromatic N) is 3. The third-order valence-corrected chi connectivity index (χ3v) is 4.27. The number of fused-ring (bicyclic) bond motifs is 1. The van der Waals surface area contributed by atoms with Crippen molar-refractivity contribution in [3.05, 3.63) is 75.2 Å². The smallest absolute Gasteiger partial charge is 0.269 e. The molecule has 0 radical (unpaired) electrons. The van der Waals surface area contributed by atoms with Crippen LogP contribution in [0.2, 0.25) is 0 Å². The molecule has 0 atom stereocenters. The molecule has 0 bridgehead atoms. The second-order valence-electron chi connectivity index (χ2n) is 6.15. The van der Waals surface area contributed by atoms with Crippen LogP contribution in [0.1, 0.15) is 23.6 Å². The number of carbonyl (C=O) groups is 1. The lowest BCUT2D eigenvalue weighted by Gasteiger charge is -2.11. The molecule has 0 aliphatic heterocycles. The Hall–Kier alpha value is -3.92. The quantitative estimate of drug-likeness (QED) is 0.545. The molecular formula is C21H18N4O3. The molecule has 3 rings (SSSR count). The maximum Gasteiger partial charge on any atom is 0.269 e. The molecule has 7 nitrogen and oxygen atoms in total. The van der Waals surface area contributed by atoms with Gasteiger partial charge in [-0.1, -0.05) is 25.1 Å². The van der Waals surface area contributed by atoms with E-state index in [1.54, 1.807) is 30.5 Å². The van der Waals surface area contributed by atoms with E-state index in [-0.39, 0.29) is 17.0 Å². The number of benzene rings is 1. The second kappa shape index (κ2) is 7.76. The highest BCUT2D eigenvalue weighted by atomic mass is 16.5. The van der Waals surface area contributed by atoms with Crippen LogP contribution in [0.4, 0.5) is 0 Å². The summed E-state index contributed by atoms with van der Waals surface area (Å²) in [6, 6.07) is 12.6. The van der Waals surface area contributed by atoms with E-state index in [1.807, 2.05) is 32.0 Å². The molecule has 1 aromatic carbocycles. The molecule has 2 heterocycles. The minimum Gasteiger partial charge on any atom is -0.438 e. The van der Waals surface area contributed by atoms with Gasteiger partial charge in [0.2, 0.25) is 5.88 Å². The summed E-state index contributed by atoms with van der Waals surface area (Å²) >= 11 is 0. The van der Waals surface area contributed by atoms with Crippen molar-refractivity contribution >= 4 is 17.6 Å². The number of aromatic nitrogens is 2. The van der Waals surface area contributed by atoms with Crippen LogP contribution in [-0.4, -0.2) is 15.3 Å². The maximum atomic E-state index is 13.0. The van der Waals surface area contributed by atoms with Crippen LogP contribution in [0.15, 0.2) is 53.0 Å². The zero-order valence-electron chi connectivity index (χ0n) is 15.5. The lowest BCUT2D eigenvalue weighted by atomic mass is 10.1. The molecule has 0 spiro atoms. The summed E-state index contributed by atoms with van der Waals surface area (Å²) in [5.74, 6) is -0.457. The van der Waals surface area contributed by atoms with Gasteiger partial charge in [-0.2, -0.15) is 10.2 Å². The van der Waals surface area contributed by atoms with Crippen molar-refractivity contribution < 1.29 is 9.53 Å². The molecule has 0 unspecified atom stereocenters. The number of nitrogens with two attached hydrogens (primary N) is 1. The Balaban J connectivity index is 2.24. The van der Waals surface area contributed by atoms with Crippen LogP contribution in [0.25, 0.3) is 11.7 Å². The first-order valence-electron chi connectivity index (χ1n) is 8.65. The van der Waals surface area contributed by atoms with Gasteiger partial charge >= 0.3 is 0 Å². The number of hydrogen-bond donors (Lipinski definition) is 1. The Morgan fingerprint density at radius 1 is 1.32 bits per heavy atom. The van der Waals surface area contributed by atoms with Crippen molar-refractivity contribution in [2.45, 2.75) is 20.3 Å². The minimum absolute atomic E-state index is 0.00227. The van der Waals surface area contributed by atoms with E-state index in [1.165, 1.54) is 4.40 Å². The second-order valence-corrected chi connectivity index (χ2v) is 6.15. The van der Waals surface area contributed by atoms with Gasteiger partial charge in [0.05, 0.1) is 0 Å². The summed E-state index contributed by atoms with van der Waals surface area (Å²) in [5.41, 5.74) is 6.68. The molecule has 0 saturated heterocycles. The van der Waals surface area contributed by atoms with Gasteiger partial charge in [0.25, 0.3) is 11.5 Å². The summed E-state index contributed by atoms with van der Waals surface area (Å²) in [7, 11) is 0. The summed E-state index contributed by atoms with van der Waals surface area (Å²) in [4.78, 5) is 28.9. The summed E-state index contributed by atoms with van der Waals surface area (Å²) < 4.78 is 7.19. The first-order chi connectivity index (χ1) is 13.4. The Labute approximate surface area is 161 Å². The van der Waals surface area contributed by atoms with Crippen molar-refractivity contribution in [2.75, 3.05) is 0 Å². The monoisotopic (exact) mass is 374 g/mol. The molecule has 140 valence electrons. The Kier molecular flexibility index (Phi) is 5.23. The van der Waals surface area contributed by atoms with Gasteiger partial charge in [0.15, 0.2) is 0 Å². The lowest BCUT2D eigenvalue weighted by molar-refractivity contribution is -0.114. The fraction of sp³-hybridized carbons (Fsp3) is 0.143. The van der Waals surface area contributed by atoms with Crippen LogP contribution >= 0.6 is 0 Å². The van der Waals surface area contributed by atoms with E-state index < -0.39 is 11.5 Å². The van der Waals surface area contributed by atoms with E-state index in [9.17, 15) is 9.59 Å². The van der Waals surface area contributed by atoms with Crippen LogP contribution in [0.3, 0.4) is 0 Å². The maximum absolute atomic E-state index is 13.0. The Bertz CT molecular complexity index is 1190. The number of carbonyl (C=O) groups excluding carboxylic acids is 1. The number of nitriles is 1. The fourth-order valence-electron chi connectivity index (χ4n) is 2.70. The number of amides is 1. The molecule has 0 fully saturated rings. The third-order valence-electron chi connectivity index (χ3n) is 4.27. The number of aryl methyl sites for hydroxylation is 2. The molecule has 2 N–H and O–H groups in total. The summed E-state index contributed by atoms with van der Waals surface area (Å²) in [6.07, 6.45) is 3.56. The van der Waals surface area contributed by atoms with E-state index in [0.717, 1.165) is 23.6 Å². The summed E-state index contributed by atoms with van der Waals surface area (Å²) in [5, 5.41) is 9.16. The molecule has 2 aromatic heterocycles. The molecule has 28 heavy (non-hydrogen) atoms. The number of primary amides is 1. The topological polar surface area (TPSA) is 110 Å². The minimum atomic E-state index is -0.936. The summed E-state index contributed by atoms with van der Waals surface area (Å²) in [6.45, 7) is 3.86. The average Bonchev–Trinajstić information content (AvgIpc) is 2.69. The third kappa shape index (κ3) is 3.62. The van der Waals surface area contributed by atoms with Crippen molar-refractivity contribution in [1.82, 2.24) is 9.38 Å². The van der Waals surface area contributed by atoms with Gasteiger partial charge < -0.3 is 10.5 Å². The van der Waals surface area contributed by atoms with Crippen LogP contribution in [-0.2, 0) is 11.2 Å². The molecule has 0 aliphatic carbocycles. The first kappa shape index (κ1) is 18.9. The van der Waals surface area contributed by atoms with E-state index in [4.69, 9.17) is 15.7 Å². The van der Waals surface area contributed by atoms with Crippen LogP contribution < -0.4 is 16.0 Å². The zero-order chi connectivity index (χ0) is 20.3. The normalized spacial score (nSPS) is 11.2. The van der Waals surface area contributed by atoms with Gasteiger partial charge in [-0.05, 0) is 48.7 Å². The molecule has 7 heteroatoms. The van der Waals surface area contributed by atoms with Crippen molar-refractivity contribution in [3.63, 3.8) is 0 Å². The highest BCUT2D eigenvalue weighted by Gasteiger charge is 2.17. The first-order valence-corrected chi connectivity index (χ1v) is 8.65. The van der Waals surface area contributed by atoms with Crippen molar-refractivity contribution in [3.8, 4) is 17.7 Å². The molecule has 0 aliphatic rings. The Morgan fingerprint density at radius 3 is 2.64 bits per heavy atom. The molecule has 1 amide bonds. The number of ether oxygens (including phenoxy) is 1. The fourth-order valence-corrected chi connectivity index (χ4v) is 2.70. The van der Waals surface area contributed by atoms with Gasteiger partial charge in [-0.3, -0.25) is 14.0 Å². The standard InChI is InChI=1S/C21H18N4O3/c1-3-14-6-8-16(9-7-14)28-20-17(11-15(12-22)18(23)26)21(27)25-10-4-5-13(2)19(25)24-20/h4-11H,3H2,1-2H3,(H2,23,26)/b15-11-. The number of hydrogen-bond acceptors (Lipinski definition) is 5. The highest BCUT2D eigenvalue weighted by molar-refractivity contribution is 6.00. The highest BCUT2D eigenvalue weighted by Crippen LogP contribution is 2.25. The number of rotatable bonds is 5. The van der Waals surface area contributed by atoms with E-state index in [2.05, 4.69) is 4.98 Å². The average molecular weight is 374 g/mol. The predicted octanol–water partition coefficient (Wildman–Crippen LogP) is 2.75. The van der Waals surface area contributed by atoms with E-state index >= 15 is 0 Å². The van der Waals surface area contributed by atoms with E-state index in [0.29, 0.717) is 11.4 Å². The lowest BCUT2D eigenvalue weighted by Crippen LogP contribution is -2.20. The SMILES string of the molecule is CCc1ccc(Oc2nc3c(C)cccn3c(=O)c2/C=C(/C#N)C(N)=O)cc1. The Morgan fingerprint density at radius 2 is 2.04 bits per heavy atom.